The molecule has 0 saturated heterocycles. The molecule has 12 heavy (non-hydrogen) atoms. The van der Waals surface area contributed by atoms with Crippen molar-refractivity contribution < 1.29 is 9.18 Å². The summed E-state index contributed by atoms with van der Waals surface area (Å²) in [7, 11) is 0. The van der Waals surface area contributed by atoms with E-state index in [1.807, 2.05) is 0 Å². The highest BCUT2D eigenvalue weighted by Gasteiger charge is 2.16. The van der Waals surface area contributed by atoms with Gasteiger partial charge in [0.2, 0.25) is 0 Å². The van der Waals surface area contributed by atoms with Gasteiger partial charge in [-0.25, -0.2) is 4.39 Å². The molecule has 0 radical (unpaired) electrons. The first-order valence-corrected chi connectivity index (χ1v) is 3.80. The van der Waals surface area contributed by atoms with Gasteiger partial charge in [-0.05, 0) is 17.7 Å². The molecule has 1 aliphatic rings. The summed E-state index contributed by atoms with van der Waals surface area (Å²) in [6.07, 6.45) is 0. The molecule has 0 atom stereocenters. The second-order valence-corrected chi connectivity index (χ2v) is 2.83. The Balaban J connectivity index is 2.54. The molecule has 0 fully saturated rings. The second-order valence-electron chi connectivity index (χ2n) is 2.83. The number of nitrogens with one attached hydrogen (secondary N) is 1. The van der Waals surface area contributed by atoms with E-state index < -0.39 is 0 Å². The van der Waals surface area contributed by atoms with Gasteiger partial charge in [0.15, 0.2) is 5.78 Å². The Morgan fingerprint density at radius 2 is 2.17 bits per heavy atom. The Hall–Kier alpha value is -1.22. The first-order chi connectivity index (χ1) is 5.77. The summed E-state index contributed by atoms with van der Waals surface area (Å²) in [6, 6.07) is 4.33. The van der Waals surface area contributed by atoms with Gasteiger partial charge in [0.05, 0.1) is 6.54 Å². The number of hydrogen-bond acceptors (Lipinski definition) is 2. The van der Waals surface area contributed by atoms with E-state index in [2.05, 4.69) is 5.32 Å². The van der Waals surface area contributed by atoms with Crippen molar-refractivity contribution in [2.24, 2.45) is 0 Å². The van der Waals surface area contributed by atoms with Crippen LogP contribution >= 0.6 is 0 Å². The predicted octanol–water partition coefficient (Wildman–Crippen LogP) is 1.11. The van der Waals surface area contributed by atoms with Crippen molar-refractivity contribution in [2.75, 3.05) is 6.54 Å². The maximum absolute atomic E-state index is 12.7. The zero-order valence-corrected chi connectivity index (χ0v) is 6.43. The first kappa shape index (κ1) is 7.43. The molecule has 2 nitrogen and oxygen atoms in total. The smallest absolute Gasteiger partial charge is 0.177 e. The molecule has 1 aliphatic heterocycles. The highest BCUT2D eigenvalue weighted by atomic mass is 19.1. The Bertz CT molecular complexity index is 335. The molecule has 1 heterocycles. The molecule has 0 aliphatic carbocycles. The fraction of sp³-hybridized carbons (Fsp3) is 0.222. The molecular formula is C9H8FNO. The average Bonchev–Trinajstić information content (AvgIpc) is 2.07. The molecule has 0 spiro atoms. The number of benzene rings is 1. The number of rotatable bonds is 0. The van der Waals surface area contributed by atoms with Crippen LogP contribution in [-0.4, -0.2) is 12.3 Å². The third-order valence-electron chi connectivity index (χ3n) is 1.97. The number of carbonyl (C=O) groups is 1. The first-order valence-electron chi connectivity index (χ1n) is 3.80. The van der Waals surface area contributed by atoms with Crippen molar-refractivity contribution >= 4 is 5.78 Å². The van der Waals surface area contributed by atoms with Crippen molar-refractivity contribution in [3.63, 3.8) is 0 Å². The summed E-state index contributed by atoms with van der Waals surface area (Å²) >= 11 is 0. The molecule has 2 rings (SSSR count). The molecule has 1 aromatic rings. The summed E-state index contributed by atoms with van der Waals surface area (Å²) in [5.41, 5.74) is 1.40. The highest BCUT2D eigenvalue weighted by molar-refractivity contribution is 5.99. The number of hydrogen-bond donors (Lipinski definition) is 1. The van der Waals surface area contributed by atoms with Crippen molar-refractivity contribution in [3.8, 4) is 0 Å². The minimum atomic E-state index is -0.344. The van der Waals surface area contributed by atoms with Crippen LogP contribution in [0.2, 0.25) is 0 Å². The highest BCUT2D eigenvalue weighted by Crippen LogP contribution is 2.14. The van der Waals surface area contributed by atoms with Gasteiger partial charge in [0.25, 0.3) is 0 Å². The van der Waals surface area contributed by atoms with Crippen LogP contribution in [0.5, 0.6) is 0 Å². The lowest BCUT2D eigenvalue weighted by Gasteiger charge is -2.15. The molecule has 0 unspecified atom stereocenters. The Morgan fingerprint density at radius 3 is 3.00 bits per heavy atom. The molecule has 0 bridgehead atoms. The second kappa shape index (κ2) is 2.68. The van der Waals surface area contributed by atoms with Gasteiger partial charge in [-0.15, -0.1) is 0 Å². The van der Waals surface area contributed by atoms with E-state index in [1.165, 1.54) is 12.1 Å². The van der Waals surface area contributed by atoms with E-state index in [1.54, 1.807) is 6.07 Å². The monoisotopic (exact) mass is 165 g/mol. The van der Waals surface area contributed by atoms with Gasteiger partial charge < -0.3 is 5.32 Å². The molecule has 1 aromatic carbocycles. The summed E-state index contributed by atoms with van der Waals surface area (Å²) in [5.74, 6) is -0.375. The number of carbonyl (C=O) groups excluding carboxylic acids is 1. The summed E-state index contributed by atoms with van der Waals surface area (Å²) in [5, 5.41) is 2.94. The van der Waals surface area contributed by atoms with E-state index >= 15 is 0 Å². The number of fused-ring (bicyclic) bond motifs is 1. The van der Waals surface area contributed by atoms with Crippen molar-refractivity contribution in [3.05, 3.63) is 35.1 Å². The molecule has 0 amide bonds. The maximum atomic E-state index is 12.7. The normalized spacial score (nSPS) is 15.9. The summed E-state index contributed by atoms with van der Waals surface area (Å²) < 4.78 is 12.7. The van der Waals surface area contributed by atoms with Crippen LogP contribution in [0.25, 0.3) is 0 Å². The van der Waals surface area contributed by atoms with Crippen LogP contribution in [-0.2, 0) is 6.54 Å². The molecular weight excluding hydrogens is 157 g/mol. The van der Waals surface area contributed by atoms with Crippen LogP contribution in [0.4, 0.5) is 4.39 Å². The largest absolute Gasteiger partial charge is 0.306 e. The maximum Gasteiger partial charge on any atom is 0.177 e. The van der Waals surface area contributed by atoms with Crippen LogP contribution < -0.4 is 5.32 Å². The van der Waals surface area contributed by atoms with Gasteiger partial charge in [-0.2, -0.15) is 0 Å². The number of Topliss-reactive ketones (excluding diaryl/α,β-unsaturated/α-hetero) is 1. The van der Waals surface area contributed by atoms with Gasteiger partial charge in [-0.3, -0.25) is 4.79 Å². The quantitative estimate of drug-likeness (QED) is 0.624. The third-order valence-corrected chi connectivity index (χ3v) is 1.97. The minimum absolute atomic E-state index is 0.0317. The predicted molar refractivity (Wildman–Crippen MR) is 42.4 cm³/mol. The molecule has 3 heteroatoms. The van der Waals surface area contributed by atoms with E-state index in [9.17, 15) is 9.18 Å². The lowest BCUT2D eigenvalue weighted by Crippen LogP contribution is -2.29. The topological polar surface area (TPSA) is 29.1 Å². The van der Waals surface area contributed by atoms with E-state index in [-0.39, 0.29) is 11.6 Å². The molecule has 62 valence electrons. The molecule has 0 aromatic heterocycles. The van der Waals surface area contributed by atoms with Crippen molar-refractivity contribution in [2.45, 2.75) is 6.54 Å². The zero-order chi connectivity index (χ0) is 8.55. The lowest BCUT2D eigenvalue weighted by atomic mass is 10.0. The fourth-order valence-electron chi connectivity index (χ4n) is 1.37. The van der Waals surface area contributed by atoms with Gasteiger partial charge in [0.1, 0.15) is 5.82 Å². The van der Waals surface area contributed by atoms with Gasteiger partial charge in [-0.1, -0.05) is 6.07 Å². The Labute approximate surface area is 69.4 Å². The van der Waals surface area contributed by atoms with Crippen LogP contribution in [0.15, 0.2) is 18.2 Å². The zero-order valence-electron chi connectivity index (χ0n) is 6.43. The summed E-state index contributed by atoms with van der Waals surface area (Å²) in [4.78, 5) is 11.2. The van der Waals surface area contributed by atoms with E-state index in [0.717, 1.165) is 5.56 Å². The lowest BCUT2D eigenvalue weighted by molar-refractivity contribution is 0.0982. The summed E-state index contributed by atoms with van der Waals surface area (Å²) in [6.45, 7) is 0.970. The Kier molecular flexibility index (Phi) is 1.66. The SMILES string of the molecule is O=C1CNCc2ccc(F)cc21. The molecule has 0 saturated carbocycles. The van der Waals surface area contributed by atoms with E-state index in [0.29, 0.717) is 18.7 Å². The van der Waals surface area contributed by atoms with Crippen LogP contribution in [0.1, 0.15) is 15.9 Å². The minimum Gasteiger partial charge on any atom is -0.306 e. The van der Waals surface area contributed by atoms with Crippen molar-refractivity contribution in [1.29, 1.82) is 0 Å². The average molecular weight is 165 g/mol. The molecule has 1 N–H and O–H groups in total. The van der Waals surface area contributed by atoms with E-state index in [4.69, 9.17) is 0 Å². The number of ketones is 1. The standard InChI is InChI=1S/C9H8FNO/c10-7-2-1-6-4-11-5-9(12)8(6)3-7/h1-3,11H,4-5H2. The third kappa shape index (κ3) is 1.12. The fourth-order valence-corrected chi connectivity index (χ4v) is 1.37. The van der Waals surface area contributed by atoms with Crippen LogP contribution in [0.3, 0.4) is 0 Å². The number of halogens is 1. The van der Waals surface area contributed by atoms with Gasteiger partial charge >= 0.3 is 0 Å². The Morgan fingerprint density at radius 1 is 1.33 bits per heavy atom. The van der Waals surface area contributed by atoms with Gasteiger partial charge in [0, 0.05) is 12.1 Å². The van der Waals surface area contributed by atoms with Crippen LogP contribution in [0, 0.1) is 5.82 Å². The van der Waals surface area contributed by atoms with Crippen molar-refractivity contribution in [1.82, 2.24) is 5.32 Å².